The number of alkyl halides is 3. The van der Waals surface area contributed by atoms with Crippen molar-refractivity contribution in [2.24, 2.45) is 10.7 Å². The smallest absolute Gasteiger partial charge is 0.417 e. The molecule has 0 bridgehead atoms. The summed E-state index contributed by atoms with van der Waals surface area (Å²) in [5, 5.41) is 15.6. The number of amides is 1. The van der Waals surface area contributed by atoms with Crippen molar-refractivity contribution in [1.82, 2.24) is 4.90 Å². The molecule has 1 aromatic carbocycles. The molecule has 7 nitrogen and oxygen atoms in total. The van der Waals surface area contributed by atoms with Crippen molar-refractivity contribution < 1.29 is 33.2 Å². The van der Waals surface area contributed by atoms with Crippen molar-refractivity contribution in [2.75, 3.05) is 20.7 Å². The molecule has 0 aliphatic carbocycles. The first-order valence-electron chi connectivity index (χ1n) is 6.75. The molecule has 1 rings (SSSR count). The molecule has 0 fully saturated rings. The van der Waals surface area contributed by atoms with Crippen LogP contribution in [0.5, 0.6) is 5.75 Å². The number of halogens is 3. The second kappa shape index (κ2) is 7.20. The van der Waals surface area contributed by atoms with E-state index in [9.17, 15) is 23.1 Å². The van der Waals surface area contributed by atoms with Gasteiger partial charge in [-0.3, -0.25) is 4.79 Å². The summed E-state index contributed by atoms with van der Waals surface area (Å²) >= 11 is 0. The first-order chi connectivity index (χ1) is 11.0. The molecule has 5 N–H and O–H groups in total. The topological polar surface area (TPSA) is 114 Å². The number of nitrogens with zero attached hydrogens (tertiary/aromatic N) is 2. The lowest BCUT2D eigenvalue weighted by Crippen LogP contribution is -2.49. The van der Waals surface area contributed by atoms with Crippen LogP contribution in [0.2, 0.25) is 0 Å². The van der Waals surface area contributed by atoms with Gasteiger partial charge in [0.15, 0.2) is 5.75 Å². The minimum absolute atomic E-state index is 0.200. The van der Waals surface area contributed by atoms with E-state index in [0.717, 1.165) is 11.0 Å². The van der Waals surface area contributed by atoms with Gasteiger partial charge in [0.25, 0.3) is 5.91 Å². The van der Waals surface area contributed by atoms with Crippen molar-refractivity contribution in [3.05, 3.63) is 23.3 Å². The van der Waals surface area contributed by atoms with E-state index < -0.39 is 29.0 Å². The molecule has 0 atom stereocenters. The summed E-state index contributed by atoms with van der Waals surface area (Å²) in [6.07, 6.45) is -4.83. The fourth-order valence-corrected chi connectivity index (χ4v) is 1.76. The first-order valence-corrected chi connectivity index (χ1v) is 6.75. The van der Waals surface area contributed by atoms with Crippen LogP contribution < -0.4 is 11.1 Å². The van der Waals surface area contributed by atoms with Crippen LogP contribution in [0.1, 0.15) is 22.8 Å². The van der Waals surface area contributed by atoms with Gasteiger partial charge in [-0.05, 0) is 19.1 Å². The number of benzene rings is 1. The Kier molecular flexibility index (Phi) is 5.78. The number of phenolic OH excluding ortho intramolecular Hbond substituents is 1. The summed E-state index contributed by atoms with van der Waals surface area (Å²) in [6.45, 7) is 1.84. The van der Waals surface area contributed by atoms with Gasteiger partial charge in [0.1, 0.15) is 5.69 Å². The number of rotatable bonds is 3. The molecule has 10 heteroatoms. The van der Waals surface area contributed by atoms with E-state index in [1.165, 1.54) is 14.1 Å². The minimum Gasteiger partial charge on any atom is -0.505 e. The minimum atomic E-state index is -4.83. The standard InChI is InChI=1S/C14H17F3N4O3/c1-4-24-12(19)11(18)20-8-6-5-7(14(15,16)17)9(10(8)22)13(23)21(2)3/h5-6,19,22H,4H2,1-3H3,(H2,18,20)/p+1. The summed E-state index contributed by atoms with van der Waals surface area (Å²) in [4.78, 5) is 16.7. The third-order valence-electron chi connectivity index (χ3n) is 2.88. The van der Waals surface area contributed by atoms with Gasteiger partial charge in [-0.1, -0.05) is 0 Å². The Labute approximate surface area is 136 Å². The summed E-state index contributed by atoms with van der Waals surface area (Å²) in [5.74, 6) is -2.57. The van der Waals surface area contributed by atoms with E-state index >= 15 is 0 Å². The predicted octanol–water partition coefficient (Wildman–Crippen LogP) is 0.296. The summed E-state index contributed by atoms with van der Waals surface area (Å²) in [7, 11) is 2.51. The molecule has 1 amide bonds. The quantitative estimate of drug-likeness (QED) is 0.539. The van der Waals surface area contributed by atoms with Gasteiger partial charge < -0.3 is 20.5 Å². The zero-order valence-electron chi connectivity index (χ0n) is 13.3. The number of amidine groups is 1. The monoisotopic (exact) mass is 347 g/mol. The van der Waals surface area contributed by atoms with Gasteiger partial charge in [-0.25, -0.2) is 10.4 Å². The van der Waals surface area contributed by atoms with E-state index in [4.69, 9.17) is 15.9 Å². The van der Waals surface area contributed by atoms with Gasteiger partial charge >= 0.3 is 12.1 Å². The Bertz CT molecular complexity index is 685. The highest BCUT2D eigenvalue weighted by atomic mass is 19.4. The Morgan fingerprint density at radius 3 is 2.46 bits per heavy atom. The number of carbonyl (C=O) groups excluding carboxylic acids is 1. The third kappa shape index (κ3) is 4.15. The van der Waals surface area contributed by atoms with Crippen LogP contribution in [-0.2, 0) is 10.9 Å². The second-order valence-electron chi connectivity index (χ2n) is 4.85. The van der Waals surface area contributed by atoms with Crippen molar-refractivity contribution in [1.29, 1.82) is 0 Å². The van der Waals surface area contributed by atoms with E-state index in [2.05, 4.69) is 4.99 Å². The number of carbonyl (C=O) groups is 1. The lowest BCUT2D eigenvalue weighted by atomic mass is 10.0. The Morgan fingerprint density at radius 2 is 2.00 bits per heavy atom. The van der Waals surface area contributed by atoms with E-state index in [-0.39, 0.29) is 24.0 Å². The molecule has 0 heterocycles. The second-order valence-corrected chi connectivity index (χ2v) is 4.85. The maximum Gasteiger partial charge on any atom is 0.417 e. The first kappa shape index (κ1) is 19.3. The molecule has 0 saturated heterocycles. The summed E-state index contributed by atoms with van der Waals surface area (Å²) in [5.41, 5.74) is 3.01. The van der Waals surface area contributed by atoms with Crippen LogP contribution in [0.25, 0.3) is 0 Å². The van der Waals surface area contributed by atoms with Crippen molar-refractivity contribution in [3.8, 4) is 5.75 Å². The molecule has 0 aromatic heterocycles. The maximum absolute atomic E-state index is 13.1. The van der Waals surface area contributed by atoms with Crippen LogP contribution >= 0.6 is 0 Å². The number of aliphatic imine (C=N–C) groups is 1. The Hall–Kier alpha value is -2.78. The van der Waals surface area contributed by atoms with Crippen molar-refractivity contribution in [3.63, 3.8) is 0 Å². The third-order valence-corrected chi connectivity index (χ3v) is 2.88. The van der Waals surface area contributed by atoms with Gasteiger partial charge in [-0.2, -0.15) is 13.2 Å². The molecule has 0 unspecified atom stereocenters. The molecule has 0 radical (unpaired) electrons. The zero-order valence-corrected chi connectivity index (χ0v) is 13.3. The van der Waals surface area contributed by atoms with Crippen molar-refractivity contribution >= 4 is 23.3 Å². The zero-order chi connectivity index (χ0) is 18.7. The number of hydrogen-bond donors (Lipinski definition) is 3. The number of hydrogen-bond acceptors (Lipinski definition) is 4. The summed E-state index contributed by atoms with van der Waals surface area (Å²) in [6, 6.07) is 1.52. The SMILES string of the molecule is CCOC(=[NH2+])C(N)=Nc1ccc(C(F)(F)F)c(C(=O)N(C)C)c1O. The highest BCUT2D eigenvalue weighted by Gasteiger charge is 2.38. The normalized spacial score (nSPS) is 12.0. The van der Waals surface area contributed by atoms with Crippen molar-refractivity contribution in [2.45, 2.75) is 13.1 Å². The highest BCUT2D eigenvalue weighted by Crippen LogP contribution is 2.40. The molecular weight excluding hydrogens is 329 g/mol. The lowest BCUT2D eigenvalue weighted by molar-refractivity contribution is -0.138. The van der Waals surface area contributed by atoms with Gasteiger partial charge in [0.05, 0.1) is 17.7 Å². The molecule has 0 saturated carbocycles. The molecule has 132 valence electrons. The molecule has 0 spiro atoms. The predicted molar refractivity (Wildman–Crippen MR) is 81.0 cm³/mol. The number of ether oxygens (including phenoxy) is 1. The van der Waals surface area contributed by atoms with E-state index in [0.29, 0.717) is 6.07 Å². The lowest BCUT2D eigenvalue weighted by Gasteiger charge is -2.18. The molecule has 0 aliphatic rings. The summed E-state index contributed by atoms with van der Waals surface area (Å²) < 4.78 is 44.2. The van der Waals surface area contributed by atoms with Gasteiger partial charge in [-0.15, -0.1) is 0 Å². The maximum atomic E-state index is 13.1. The van der Waals surface area contributed by atoms with Crippen LogP contribution in [0.15, 0.2) is 17.1 Å². The fraction of sp³-hybridized carbons (Fsp3) is 0.357. The Balaban J connectivity index is 3.53. The van der Waals surface area contributed by atoms with Crippen LogP contribution in [0.4, 0.5) is 18.9 Å². The van der Waals surface area contributed by atoms with Gasteiger partial charge in [0.2, 0.25) is 5.84 Å². The number of phenols is 1. The van der Waals surface area contributed by atoms with Gasteiger partial charge in [0, 0.05) is 14.1 Å². The van der Waals surface area contributed by atoms with Crippen LogP contribution in [-0.4, -0.2) is 48.3 Å². The molecule has 24 heavy (non-hydrogen) atoms. The number of nitrogens with two attached hydrogens (primary N) is 2. The van der Waals surface area contributed by atoms with Crippen LogP contribution in [0, 0.1) is 0 Å². The molecule has 1 aromatic rings. The average molecular weight is 347 g/mol. The van der Waals surface area contributed by atoms with E-state index in [1.54, 1.807) is 6.92 Å². The largest absolute Gasteiger partial charge is 0.505 e. The molecular formula is C14H18F3N4O3+. The average Bonchev–Trinajstić information content (AvgIpc) is 2.47. The Morgan fingerprint density at radius 1 is 1.42 bits per heavy atom. The fourth-order valence-electron chi connectivity index (χ4n) is 1.76. The number of aromatic hydroxyl groups is 1. The molecule has 0 aliphatic heterocycles. The van der Waals surface area contributed by atoms with E-state index in [1.807, 2.05) is 0 Å². The highest BCUT2D eigenvalue weighted by molar-refractivity contribution is 6.35. The van der Waals surface area contributed by atoms with Crippen LogP contribution in [0.3, 0.4) is 0 Å².